The van der Waals surface area contributed by atoms with Gasteiger partial charge in [-0.15, -0.1) is 12.4 Å². The van der Waals surface area contributed by atoms with Gasteiger partial charge in [0.2, 0.25) is 0 Å². The highest BCUT2D eigenvalue weighted by Crippen LogP contribution is 2.40. The summed E-state index contributed by atoms with van der Waals surface area (Å²) in [5, 5.41) is 9.49. The number of aliphatic carboxylic acids is 1. The lowest BCUT2D eigenvalue weighted by atomic mass is 9.84. The van der Waals surface area contributed by atoms with Crippen molar-refractivity contribution in [2.75, 3.05) is 19.8 Å². The number of hydrogen-bond acceptors (Lipinski definition) is 3. The maximum Gasteiger partial charge on any atom is 0.320 e. The van der Waals surface area contributed by atoms with Crippen molar-refractivity contribution in [2.24, 2.45) is 11.8 Å². The van der Waals surface area contributed by atoms with Gasteiger partial charge >= 0.3 is 5.97 Å². The molecule has 0 bridgehead atoms. The van der Waals surface area contributed by atoms with Gasteiger partial charge in [0.25, 0.3) is 0 Å². The Morgan fingerprint density at radius 3 is 2.55 bits per heavy atom. The first-order chi connectivity index (χ1) is 9.25. The van der Waals surface area contributed by atoms with Crippen molar-refractivity contribution in [1.82, 2.24) is 4.90 Å². The zero-order chi connectivity index (χ0) is 13.2. The van der Waals surface area contributed by atoms with Gasteiger partial charge in [-0.25, -0.2) is 0 Å². The predicted molar refractivity (Wildman–Crippen MR) is 79.3 cm³/mol. The molecule has 5 heteroatoms. The van der Waals surface area contributed by atoms with Crippen LogP contribution in [0.15, 0.2) is 0 Å². The number of halogens is 1. The van der Waals surface area contributed by atoms with Crippen LogP contribution in [0.4, 0.5) is 0 Å². The van der Waals surface area contributed by atoms with E-state index in [1.54, 1.807) is 0 Å². The van der Waals surface area contributed by atoms with E-state index in [0.29, 0.717) is 17.9 Å². The van der Waals surface area contributed by atoms with E-state index in [9.17, 15) is 9.90 Å². The van der Waals surface area contributed by atoms with Crippen LogP contribution in [0.2, 0.25) is 0 Å². The van der Waals surface area contributed by atoms with Crippen molar-refractivity contribution in [1.29, 1.82) is 0 Å². The molecule has 3 fully saturated rings. The zero-order valence-electron chi connectivity index (χ0n) is 12.0. The van der Waals surface area contributed by atoms with E-state index >= 15 is 0 Å². The standard InChI is InChI=1S/C15H25NO3.ClH/c17-15(18)14-9-12-3-1-2-4-13(12)16(14)10-11-5-7-19-8-6-11;/h11-14H,1-10H2,(H,17,18);1H. The molecule has 2 saturated heterocycles. The minimum Gasteiger partial charge on any atom is -0.480 e. The highest BCUT2D eigenvalue weighted by molar-refractivity contribution is 5.85. The normalized spacial score (nSPS) is 35.3. The number of hydrogen-bond donors (Lipinski definition) is 1. The number of ether oxygens (including phenoxy) is 1. The van der Waals surface area contributed by atoms with Crippen LogP contribution >= 0.6 is 12.4 Å². The average Bonchev–Trinajstić information content (AvgIpc) is 2.79. The minimum atomic E-state index is -0.610. The quantitative estimate of drug-likeness (QED) is 0.870. The highest BCUT2D eigenvalue weighted by Gasteiger charge is 2.45. The van der Waals surface area contributed by atoms with E-state index in [1.165, 1.54) is 25.7 Å². The fraction of sp³-hybridized carbons (Fsp3) is 0.933. The molecule has 1 aliphatic carbocycles. The van der Waals surface area contributed by atoms with E-state index in [-0.39, 0.29) is 18.4 Å². The largest absolute Gasteiger partial charge is 0.480 e. The first kappa shape index (κ1) is 16.1. The van der Waals surface area contributed by atoms with Crippen LogP contribution < -0.4 is 0 Å². The van der Waals surface area contributed by atoms with Crippen LogP contribution in [0.5, 0.6) is 0 Å². The lowest BCUT2D eigenvalue weighted by molar-refractivity contribution is -0.143. The van der Waals surface area contributed by atoms with Crippen molar-refractivity contribution in [3.63, 3.8) is 0 Å². The van der Waals surface area contributed by atoms with Crippen LogP contribution in [0.3, 0.4) is 0 Å². The third kappa shape index (κ3) is 3.29. The van der Waals surface area contributed by atoms with E-state index in [4.69, 9.17) is 4.74 Å². The number of nitrogens with zero attached hydrogens (tertiary/aromatic N) is 1. The summed E-state index contributed by atoms with van der Waals surface area (Å²) in [6, 6.07) is 0.314. The van der Waals surface area contributed by atoms with Gasteiger partial charge in [-0.2, -0.15) is 0 Å². The summed E-state index contributed by atoms with van der Waals surface area (Å²) in [6.07, 6.45) is 8.08. The summed E-state index contributed by atoms with van der Waals surface area (Å²) >= 11 is 0. The Bertz CT molecular complexity index is 333. The maximum absolute atomic E-state index is 11.5. The lowest BCUT2D eigenvalue weighted by Crippen LogP contribution is -2.45. The molecule has 0 amide bonds. The molecule has 0 radical (unpaired) electrons. The number of carbonyl (C=O) groups is 1. The molecule has 3 unspecified atom stereocenters. The molecular formula is C15H26ClNO3. The first-order valence-electron chi connectivity index (χ1n) is 7.82. The highest BCUT2D eigenvalue weighted by atomic mass is 35.5. The third-order valence-electron chi connectivity index (χ3n) is 5.32. The fourth-order valence-corrected chi connectivity index (χ4v) is 4.29. The molecule has 0 aromatic heterocycles. The molecule has 20 heavy (non-hydrogen) atoms. The second-order valence-electron chi connectivity index (χ2n) is 6.45. The molecular weight excluding hydrogens is 278 g/mol. The molecule has 116 valence electrons. The second-order valence-corrected chi connectivity index (χ2v) is 6.45. The van der Waals surface area contributed by atoms with Crippen molar-refractivity contribution >= 4 is 18.4 Å². The molecule has 0 spiro atoms. The van der Waals surface area contributed by atoms with E-state index < -0.39 is 5.97 Å². The van der Waals surface area contributed by atoms with E-state index in [1.807, 2.05) is 0 Å². The average molecular weight is 304 g/mol. The zero-order valence-corrected chi connectivity index (χ0v) is 12.8. The Kier molecular flexibility index (Phi) is 5.70. The molecule has 0 aromatic carbocycles. The van der Waals surface area contributed by atoms with Crippen LogP contribution in [0.1, 0.15) is 44.9 Å². The Hall–Kier alpha value is -0.320. The minimum absolute atomic E-state index is 0. The summed E-state index contributed by atoms with van der Waals surface area (Å²) in [6.45, 7) is 2.68. The van der Waals surface area contributed by atoms with Crippen LogP contribution in [-0.2, 0) is 9.53 Å². The lowest BCUT2D eigenvalue weighted by Gasteiger charge is -2.36. The molecule has 3 aliphatic rings. The maximum atomic E-state index is 11.5. The fourth-order valence-electron chi connectivity index (χ4n) is 4.29. The van der Waals surface area contributed by atoms with Crippen molar-refractivity contribution in [2.45, 2.75) is 57.0 Å². The molecule has 2 heterocycles. The summed E-state index contributed by atoms with van der Waals surface area (Å²) in [5.74, 6) is 0.660. The second kappa shape index (κ2) is 7.10. The molecule has 3 rings (SSSR count). The Morgan fingerprint density at radius 1 is 1.15 bits per heavy atom. The van der Waals surface area contributed by atoms with Crippen molar-refractivity contribution in [3.05, 3.63) is 0 Å². The first-order valence-corrected chi connectivity index (χ1v) is 7.82. The number of carboxylic acid groups (broad SMARTS) is 1. The van der Waals surface area contributed by atoms with E-state index in [0.717, 1.165) is 39.0 Å². The van der Waals surface area contributed by atoms with Crippen LogP contribution in [-0.4, -0.2) is 47.8 Å². The van der Waals surface area contributed by atoms with Gasteiger partial charge in [0.1, 0.15) is 6.04 Å². The Balaban J connectivity index is 0.00000147. The van der Waals surface area contributed by atoms with E-state index in [2.05, 4.69) is 4.90 Å². The molecule has 1 saturated carbocycles. The van der Waals surface area contributed by atoms with Gasteiger partial charge in [0, 0.05) is 25.8 Å². The number of fused-ring (bicyclic) bond motifs is 1. The number of rotatable bonds is 3. The van der Waals surface area contributed by atoms with Crippen molar-refractivity contribution in [3.8, 4) is 0 Å². The molecule has 0 aromatic rings. The van der Waals surface area contributed by atoms with Gasteiger partial charge in [-0.05, 0) is 43.9 Å². The monoisotopic (exact) mass is 303 g/mol. The van der Waals surface area contributed by atoms with Gasteiger partial charge in [0.05, 0.1) is 0 Å². The van der Waals surface area contributed by atoms with Crippen LogP contribution in [0, 0.1) is 11.8 Å². The third-order valence-corrected chi connectivity index (χ3v) is 5.32. The molecule has 1 N–H and O–H groups in total. The Labute approximate surface area is 127 Å². The number of carboxylic acids is 1. The Morgan fingerprint density at radius 2 is 1.85 bits per heavy atom. The molecule has 3 atom stereocenters. The van der Waals surface area contributed by atoms with Gasteiger partial charge in [-0.3, -0.25) is 9.69 Å². The molecule has 4 nitrogen and oxygen atoms in total. The summed E-state index contributed by atoms with van der Waals surface area (Å²) in [7, 11) is 0. The van der Waals surface area contributed by atoms with Gasteiger partial charge in [0.15, 0.2) is 0 Å². The van der Waals surface area contributed by atoms with Crippen molar-refractivity contribution < 1.29 is 14.6 Å². The summed E-state index contributed by atoms with van der Waals surface area (Å²) < 4.78 is 5.41. The molecule has 2 aliphatic heterocycles. The predicted octanol–water partition coefficient (Wildman–Crippen LogP) is 2.55. The summed E-state index contributed by atoms with van der Waals surface area (Å²) in [4.78, 5) is 13.9. The van der Waals surface area contributed by atoms with Crippen LogP contribution in [0.25, 0.3) is 0 Å². The van der Waals surface area contributed by atoms with Gasteiger partial charge < -0.3 is 9.84 Å². The summed E-state index contributed by atoms with van der Waals surface area (Å²) in [5.41, 5.74) is 0. The SMILES string of the molecule is Cl.O=C(O)C1CC2CCCCC2N1CC1CCOCC1. The van der Waals surface area contributed by atoms with Gasteiger partial charge in [-0.1, -0.05) is 12.8 Å². The smallest absolute Gasteiger partial charge is 0.320 e. The topological polar surface area (TPSA) is 49.8 Å². The number of likely N-dealkylation sites (tertiary alicyclic amines) is 1.